The molecular weight excluding hydrogens is 376 g/mol. The Balaban J connectivity index is 1.83. The van der Waals surface area contributed by atoms with E-state index in [2.05, 4.69) is 0 Å². The van der Waals surface area contributed by atoms with E-state index < -0.39 is 28.7 Å². The summed E-state index contributed by atoms with van der Waals surface area (Å²) >= 11 is 0. The van der Waals surface area contributed by atoms with Crippen LogP contribution in [0.5, 0.6) is 0 Å². The van der Waals surface area contributed by atoms with Gasteiger partial charge in [-0.2, -0.15) is 0 Å². The highest BCUT2D eigenvalue weighted by Crippen LogP contribution is 2.28. The minimum atomic E-state index is -1.11. The van der Waals surface area contributed by atoms with E-state index in [1.54, 1.807) is 30.3 Å². The largest absolute Gasteiger partial charge is 0.459 e. The number of esters is 1. The van der Waals surface area contributed by atoms with Crippen LogP contribution in [0.2, 0.25) is 0 Å². The molecule has 8 heteroatoms. The van der Waals surface area contributed by atoms with Gasteiger partial charge in [0.05, 0.1) is 21.6 Å². The van der Waals surface area contributed by atoms with Crippen molar-refractivity contribution >= 4 is 23.5 Å². The van der Waals surface area contributed by atoms with Crippen LogP contribution >= 0.6 is 0 Å². The standard InChI is InChI=1S/C21H20N2O6/c1-13(2)11-18(22-19(24)15-8-4-5-9-16(15)20(22)25)21(26)29-12-14-7-3-6-10-17(14)23(27)28/h3-10,13,18H,11-12H2,1-2H3/t18-/m1/s1. The fraction of sp³-hybridized carbons (Fsp3) is 0.286. The van der Waals surface area contributed by atoms with Gasteiger partial charge in [-0.15, -0.1) is 0 Å². The summed E-state index contributed by atoms with van der Waals surface area (Å²) in [7, 11) is 0. The van der Waals surface area contributed by atoms with E-state index >= 15 is 0 Å². The van der Waals surface area contributed by atoms with Gasteiger partial charge in [0.2, 0.25) is 0 Å². The third-order valence-corrected chi connectivity index (χ3v) is 4.66. The summed E-state index contributed by atoms with van der Waals surface area (Å²) in [4.78, 5) is 49.9. The van der Waals surface area contributed by atoms with Crippen molar-refractivity contribution in [2.75, 3.05) is 0 Å². The summed E-state index contributed by atoms with van der Waals surface area (Å²) in [5.41, 5.74) is 0.563. The van der Waals surface area contributed by atoms with Crippen LogP contribution in [0.15, 0.2) is 48.5 Å². The molecule has 0 saturated carbocycles. The second kappa shape index (κ2) is 8.22. The Hall–Kier alpha value is -3.55. The third-order valence-electron chi connectivity index (χ3n) is 4.66. The normalized spacial score (nSPS) is 14.1. The highest BCUT2D eigenvalue weighted by atomic mass is 16.6. The van der Waals surface area contributed by atoms with Crippen molar-refractivity contribution in [2.24, 2.45) is 5.92 Å². The smallest absolute Gasteiger partial charge is 0.329 e. The molecule has 0 spiro atoms. The number of nitro benzene ring substituents is 1. The average Bonchev–Trinajstić information content (AvgIpc) is 2.95. The lowest BCUT2D eigenvalue weighted by molar-refractivity contribution is -0.385. The van der Waals surface area contributed by atoms with Crippen LogP contribution in [0.4, 0.5) is 5.69 Å². The fourth-order valence-corrected chi connectivity index (χ4v) is 3.30. The first-order valence-electron chi connectivity index (χ1n) is 9.17. The molecule has 2 amide bonds. The van der Waals surface area contributed by atoms with E-state index in [9.17, 15) is 24.5 Å². The van der Waals surface area contributed by atoms with Gasteiger partial charge < -0.3 is 4.74 Å². The maximum absolute atomic E-state index is 12.8. The van der Waals surface area contributed by atoms with Crippen LogP contribution in [0, 0.1) is 16.0 Å². The van der Waals surface area contributed by atoms with E-state index in [0.717, 1.165) is 4.90 Å². The second-order valence-electron chi connectivity index (χ2n) is 7.16. The third kappa shape index (κ3) is 4.01. The Morgan fingerprint density at radius 2 is 1.59 bits per heavy atom. The number of carbonyl (C=O) groups is 3. The van der Waals surface area contributed by atoms with Gasteiger partial charge in [0.1, 0.15) is 12.6 Å². The molecule has 0 bridgehead atoms. The summed E-state index contributed by atoms with van der Waals surface area (Å²) in [5.74, 6) is -1.85. The van der Waals surface area contributed by atoms with Crippen LogP contribution in [-0.4, -0.2) is 33.6 Å². The van der Waals surface area contributed by atoms with Crippen molar-refractivity contribution in [1.82, 2.24) is 4.90 Å². The molecule has 1 heterocycles. The zero-order chi connectivity index (χ0) is 21.1. The summed E-state index contributed by atoms with van der Waals surface area (Å²) in [5, 5.41) is 11.1. The minimum absolute atomic E-state index is 0.00271. The molecule has 0 N–H and O–H groups in total. The topological polar surface area (TPSA) is 107 Å². The van der Waals surface area contributed by atoms with Crippen LogP contribution in [0.3, 0.4) is 0 Å². The molecule has 0 radical (unpaired) electrons. The molecule has 0 unspecified atom stereocenters. The van der Waals surface area contributed by atoms with Gasteiger partial charge in [-0.1, -0.05) is 38.1 Å². The van der Waals surface area contributed by atoms with Crippen molar-refractivity contribution in [2.45, 2.75) is 32.9 Å². The van der Waals surface area contributed by atoms with Crippen LogP contribution < -0.4 is 0 Å². The van der Waals surface area contributed by atoms with Gasteiger partial charge in [-0.25, -0.2) is 4.79 Å². The first-order chi connectivity index (χ1) is 13.8. The van der Waals surface area contributed by atoms with Gasteiger partial charge in [0.15, 0.2) is 0 Å². The van der Waals surface area contributed by atoms with Gasteiger partial charge in [0.25, 0.3) is 17.5 Å². The molecule has 0 saturated heterocycles. The zero-order valence-electron chi connectivity index (χ0n) is 16.0. The Labute approximate surface area is 167 Å². The van der Waals surface area contributed by atoms with Gasteiger partial charge in [-0.3, -0.25) is 24.6 Å². The van der Waals surface area contributed by atoms with E-state index in [1.165, 1.54) is 18.2 Å². The Morgan fingerprint density at radius 1 is 1.03 bits per heavy atom. The summed E-state index contributed by atoms with van der Waals surface area (Å²) in [6.07, 6.45) is 0.223. The van der Waals surface area contributed by atoms with Crippen molar-refractivity contribution in [3.63, 3.8) is 0 Å². The summed E-state index contributed by atoms with van der Waals surface area (Å²) < 4.78 is 5.30. The monoisotopic (exact) mass is 396 g/mol. The number of nitrogens with zero attached hydrogens (tertiary/aromatic N) is 2. The van der Waals surface area contributed by atoms with Crippen LogP contribution in [0.25, 0.3) is 0 Å². The first-order valence-corrected chi connectivity index (χ1v) is 9.17. The van der Waals surface area contributed by atoms with Crippen molar-refractivity contribution < 1.29 is 24.0 Å². The van der Waals surface area contributed by atoms with Gasteiger partial charge in [0, 0.05) is 6.07 Å². The zero-order valence-corrected chi connectivity index (χ0v) is 16.0. The lowest BCUT2D eigenvalue weighted by Crippen LogP contribution is -2.46. The highest BCUT2D eigenvalue weighted by Gasteiger charge is 2.43. The van der Waals surface area contributed by atoms with Crippen molar-refractivity contribution in [3.8, 4) is 0 Å². The highest BCUT2D eigenvalue weighted by molar-refractivity contribution is 6.22. The van der Waals surface area contributed by atoms with Crippen LogP contribution in [0.1, 0.15) is 46.5 Å². The molecule has 1 atom stereocenters. The van der Waals surface area contributed by atoms with Crippen molar-refractivity contribution in [1.29, 1.82) is 0 Å². The number of benzene rings is 2. The molecule has 2 aromatic rings. The summed E-state index contributed by atoms with van der Waals surface area (Å²) in [6, 6.07) is 11.2. The molecule has 0 aliphatic carbocycles. The summed E-state index contributed by atoms with van der Waals surface area (Å²) in [6.45, 7) is 3.40. The maximum Gasteiger partial charge on any atom is 0.329 e. The molecule has 1 aliphatic heterocycles. The molecule has 2 aromatic carbocycles. The molecular formula is C21H20N2O6. The first kappa shape index (κ1) is 20.2. The predicted molar refractivity (Wildman–Crippen MR) is 103 cm³/mol. The molecule has 0 aromatic heterocycles. The van der Waals surface area contributed by atoms with Gasteiger partial charge in [-0.05, 0) is 30.5 Å². The fourth-order valence-electron chi connectivity index (χ4n) is 3.30. The number of imide groups is 1. The van der Waals surface area contributed by atoms with E-state index in [1.807, 2.05) is 13.8 Å². The number of ether oxygens (including phenoxy) is 1. The van der Waals surface area contributed by atoms with E-state index in [0.29, 0.717) is 0 Å². The predicted octanol–water partition coefficient (Wildman–Crippen LogP) is 3.35. The van der Waals surface area contributed by atoms with Gasteiger partial charge >= 0.3 is 5.97 Å². The quantitative estimate of drug-likeness (QED) is 0.307. The lowest BCUT2D eigenvalue weighted by atomic mass is 10.0. The SMILES string of the molecule is CC(C)C[C@H](C(=O)OCc1ccccc1[N+](=O)[O-])N1C(=O)c2ccccc2C1=O. The van der Waals surface area contributed by atoms with Crippen molar-refractivity contribution in [3.05, 3.63) is 75.3 Å². The molecule has 150 valence electrons. The number of nitro groups is 1. The Bertz CT molecular complexity index is 950. The number of hydrogen-bond acceptors (Lipinski definition) is 6. The number of hydrogen-bond donors (Lipinski definition) is 0. The van der Waals surface area contributed by atoms with Crippen LogP contribution in [-0.2, 0) is 16.1 Å². The second-order valence-corrected chi connectivity index (χ2v) is 7.16. The minimum Gasteiger partial charge on any atom is -0.459 e. The molecule has 0 fully saturated rings. The number of fused-ring (bicyclic) bond motifs is 1. The number of rotatable bonds is 7. The maximum atomic E-state index is 12.8. The molecule has 8 nitrogen and oxygen atoms in total. The molecule has 1 aliphatic rings. The molecule has 3 rings (SSSR count). The Morgan fingerprint density at radius 3 is 2.14 bits per heavy atom. The molecule has 29 heavy (non-hydrogen) atoms. The lowest BCUT2D eigenvalue weighted by Gasteiger charge is -2.26. The number of carbonyl (C=O) groups excluding carboxylic acids is 3. The average molecular weight is 396 g/mol. The number of amides is 2. The Kier molecular flexibility index (Phi) is 5.72. The van der Waals surface area contributed by atoms with E-state index in [-0.39, 0.29) is 41.3 Å². The number of para-hydroxylation sites is 1. The van der Waals surface area contributed by atoms with E-state index in [4.69, 9.17) is 4.74 Å².